The van der Waals surface area contributed by atoms with E-state index in [4.69, 9.17) is 17.3 Å². The number of nitrogens with two attached hydrogens (primary N) is 1. The molecule has 164 valence electrons. The van der Waals surface area contributed by atoms with E-state index in [-0.39, 0.29) is 0 Å². The highest BCUT2D eigenvalue weighted by atomic mass is 35.5. The number of rotatable bonds is 4. The van der Waals surface area contributed by atoms with Crippen LogP contribution in [0.4, 0.5) is 5.82 Å². The molecule has 1 heterocycles. The predicted molar refractivity (Wildman–Crippen MR) is 134 cm³/mol. The Bertz CT molecular complexity index is 1180. The van der Waals surface area contributed by atoms with Gasteiger partial charge in [-0.25, -0.2) is 4.98 Å². The Morgan fingerprint density at radius 1 is 1.03 bits per heavy atom. The van der Waals surface area contributed by atoms with E-state index in [9.17, 15) is 5.26 Å². The molecule has 3 aromatic rings. The van der Waals surface area contributed by atoms with Gasteiger partial charge < -0.3 is 0 Å². The second kappa shape index (κ2) is 9.98. The minimum atomic E-state index is 0.485. The summed E-state index contributed by atoms with van der Waals surface area (Å²) in [7, 11) is 0. The number of nitrogen functional groups attached to an aromatic ring is 1. The van der Waals surface area contributed by atoms with Crippen molar-refractivity contribution in [2.24, 2.45) is 0 Å². The summed E-state index contributed by atoms with van der Waals surface area (Å²) in [4.78, 5) is 4.55. The molecule has 0 bridgehead atoms. The van der Waals surface area contributed by atoms with Crippen molar-refractivity contribution in [3.05, 3.63) is 74.9 Å². The molecule has 3 N–H and O–H groups in total. The van der Waals surface area contributed by atoms with Crippen molar-refractivity contribution in [2.45, 2.75) is 63.0 Å². The molecule has 2 aromatic carbocycles. The van der Waals surface area contributed by atoms with Gasteiger partial charge in [-0.2, -0.15) is 5.26 Å². The summed E-state index contributed by atoms with van der Waals surface area (Å²) < 4.78 is 0. The van der Waals surface area contributed by atoms with E-state index in [2.05, 4.69) is 49.2 Å². The molecule has 0 aliphatic heterocycles. The minimum Gasteiger partial charge on any atom is -0.286 e. The molecule has 0 unspecified atom stereocenters. The van der Waals surface area contributed by atoms with Gasteiger partial charge in [-0.1, -0.05) is 30.5 Å². The summed E-state index contributed by atoms with van der Waals surface area (Å²) >= 11 is 7.83. The zero-order valence-electron chi connectivity index (χ0n) is 18.7. The standard InChI is InChI=1S/C27H28ClN3S/c1-17-13-18(2)23(14-19(17)16-32-21-11-9-20(28)10-12-21)26-22-7-5-3-4-6-8-25(22)31-27(30)24(26)15-29/h9-14H,3-8,16H2,1-2H3,(H2,30,31)/p+1. The molecule has 0 fully saturated rings. The number of pyridine rings is 1. The first-order chi connectivity index (χ1) is 15.5. The molecule has 1 aliphatic rings. The Hall–Kier alpha value is -2.48. The summed E-state index contributed by atoms with van der Waals surface area (Å²) in [5.41, 5.74) is 15.3. The molecule has 4 rings (SSSR count). The molecule has 5 heteroatoms. The number of H-pyrrole nitrogens is 1. The summed E-state index contributed by atoms with van der Waals surface area (Å²) in [5, 5.41) is 10.8. The van der Waals surface area contributed by atoms with Crippen molar-refractivity contribution in [1.29, 1.82) is 5.26 Å². The van der Waals surface area contributed by atoms with Crippen LogP contribution in [-0.4, -0.2) is 0 Å². The fourth-order valence-electron chi connectivity index (χ4n) is 4.61. The monoisotopic (exact) mass is 462 g/mol. The van der Waals surface area contributed by atoms with Crippen molar-refractivity contribution in [2.75, 3.05) is 5.73 Å². The number of aromatic nitrogens is 1. The third-order valence-electron chi connectivity index (χ3n) is 6.35. The number of aryl methyl sites for hydroxylation is 3. The van der Waals surface area contributed by atoms with Crippen LogP contribution in [0.2, 0.25) is 5.02 Å². The lowest BCUT2D eigenvalue weighted by molar-refractivity contribution is -0.374. The van der Waals surface area contributed by atoms with Crippen molar-refractivity contribution >= 4 is 29.2 Å². The van der Waals surface area contributed by atoms with E-state index in [0.717, 1.165) is 47.6 Å². The molecule has 0 amide bonds. The van der Waals surface area contributed by atoms with E-state index in [1.54, 1.807) is 11.8 Å². The van der Waals surface area contributed by atoms with E-state index >= 15 is 0 Å². The third kappa shape index (κ3) is 4.80. The number of nitriles is 1. The van der Waals surface area contributed by atoms with Gasteiger partial charge >= 0.3 is 0 Å². The predicted octanol–water partition coefficient (Wildman–Crippen LogP) is 6.84. The average molecular weight is 463 g/mol. The summed E-state index contributed by atoms with van der Waals surface area (Å²) in [6.07, 6.45) is 6.76. The lowest BCUT2D eigenvalue weighted by atomic mass is 9.85. The highest BCUT2D eigenvalue weighted by Gasteiger charge is 2.25. The van der Waals surface area contributed by atoms with E-state index in [1.165, 1.54) is 45.7 Å². The van der Waals surface area contributed by atoms with Gasteiger partial charge in [0, 0.05) is 33.2 Å². The zero-order valence-corrected chi connectivity index (χ0v) is 20.3. The Morgan fingerprint density at radius 3 is 2.47 bits per heavy atom. The van der Waals surface area contributed by atoms with Gasteiger partial charge in [-0.15, -0.1) is 11.8 Å². The first-order valence-electron chi connectivity index (χ1n) is 11.2. The van der Waals surface area contributed by atoms with Crippen LogP contribution in [-0.2, 0) is 18.6 Å². The SMILES string of the molecule is Cc1cc(C)c(-c2c(C#N)c(N)[nH+]c3c2CCCCCC3)cc1CSc1ccc(Cl)cc1. The van der Waals surface area contributed by atoms with Gasteiger partial charge in [-0.3, -0.25) is 5.73 Å². The molecule has 0 atom stereocenters. The highest BCUT2D eigenvalue weighted by molar-refractivity contribution is 7.98. The average Bonchev–Trinajstić information content (AvgIpc) is 2.75. The number of hydrogen-bond acceptors (Lipinski definition) is 3. The Labute approximate surface area is 200 Å². The maximum absolute atomic E-state index is 10.0. The van der Waals surface area contributed by atoms with Crippen LogP contribution < -0.4 is 10.7 Å². The maximum atomic E-state index is 10.0. The fourth-order valence-corrected chi connectivity index (χ4v) is 5.70. The minimum absolute atomic E-state index is 0.485. The molecule has 0 radical (unpaired) electrons. The zero-order chi connectivity index (χ0) is 22.7. The van der Waals surface area contributed by atoms with Crippen LogP contribution in [0.3, 0.4) is 0 Å². The lowest BCUT2D eigenvalue weighted by Gasteiger charge is -2.20. The molecular formula is C27H29ClN3S+. The van der Waals surface area contributed by atoms with Gasteiger partial charge in [0.15, 0.2) is 0 Å². The lowest BCUT2D eigenvalue weighted by Crippen LogP contribution is -2.23. The normalized spacial score (nSPS) is 13.7. The number of hydrogen-bond donors (Lipinski definition) is 1. The smallest absolute Gasteiger partial charge is 0.286 e. The Morgan fingerprint density at radius 2 is 1.75 bits per heavy atom. The van der Waals surface area contributed by atoms with Gasteiger partial charge in [0.05, 0.1) is 0 Å². The van der Waals surface area contributed by atoms with Crippen molar-refractivity contribution in [3.8, 4) is 17.2 Å². The number of nitrogens with zero attached hydrogens (tertiary/aromatic N) is 1. The van der Waals surface area contributed by atoms with Crippen LogP contribution in [0, 0.1) is 25.2 Å². The first-order valence-corrected chi connectivity index (χ1v) is 12.6. The van der Waals surface area contributed by atoms with E-state index < -0.39 is 0 Å². The summed E-state index contributed by atoms with van der Waals surface area (Å²) in [6, 6.07) is 14.9. The number of benzene rings is 2. The fraction of sp³-hybridized carbons (Fsp3) is 0.333. The van der Waals surface area contributed by atoms with Crippen LogP contribution in [0.5, 0.6) is 0 Å². The van der Waals surface area contributed by atoms with Crippen molar-refractivity contribution < 1.29 is 4.98 Å². The number of thioether (sulfide) groups is 1. The van der Waals surface area contributed by atoms with Crippen LogP contribution in [0.25, 0.3) is 11.1 Å². The molecule has 0 saturated heterocycles. The van der Waals surface area contributed by atoms with Crippen LogP contribution >= 0.6 is 23.4 Å². The summed E-state index contributed by atoms with van der Waals surface area (Å²) in [5.74, 6) is 1.35. The van der Waals surface area contributed by atoms with Gasteiger partial charge in [0.1, 0.15) is 17.3 Å². The number of anilines is 1. The second-order valence-electron chi connectivity index (χ2n) is 8.61. The topological polar surface area (TPSA) is 64.0 Å². The van der Waals surface area contributed by atoms with E-state index in [0.29, 0.717) is 11.4 Å². The largest absolute Gasteiger partial charge is 0.289 e. The first kappa shape index (κ1) is 22.7. The van der Waals surface area contributed by atoms with Crippen molar-refractivity contribution in [1.82, 2.24) is 0 Å². The molecule has 3 nitrogen and oxygen atoms in total. The van der Waals surface area contributed by atoms with Gasteiger partial charge in [0.25, 0.3) is 5.82 Å². The molecule has 0 spiro atoms. The molecule has 1 aliphatic carbocycles. The molecular weight excluding hydrogens is 434 g/mol. The van der Waals surface area contributed by atoms with Crippen LogP contribution in [0.1, 0.15) is 59.2 Å². The van der Waals surface area contributed by atoms with Crippen molar-refractivity contribution in [3.63, 3.8) is 0 Å². The molecule has 1 aromatic heterocycles. The second-order valence-corrected chi connectivity index (χ2v) is 10.1. The molecule has 32 heavy (non-hydrogen) atoms. The highest BCUT2D eigenvalue weighted by Crippen LogP contribution is 2.37. The maximum Gasteiger partial charge on any atom is 0.289 e. The van der Waals surface area contributed by atoms with Crippen LogP contribution in [0.15, 0.2) is 41.3 Å². The number of aromatic amines is 1. The van der Waals surface area contributed by atoms with E-state index in [1.807, 2.05) is 12.1 Å². The quantitative estimate of drug-likeness (QED) is 0.431. The third-order valence-corrected chi connectivity index (χ3v) is 7.66. The number of nitrogens with one attached hydrogen (secondary N) is 1. The summed E-state index contributed by atoms with van der Waals surface area (Å²) in [6.45, 7) is 4.30. The molecule has 0 saturated carbocycles. The Balaban J connectivity index is 1.80. The Kier molecular flexibility index (Phi) is 7.08. The number of halogens is 1. The number of fused-ring (bicyclic) bond motifs is 1. The van der Waals surface area contributed by atoms with Gasteiger partial charge in [0.2, 0.25) is 0 Å². The van der Waals surface area contributed by atoms with Gasteiger partial charge in [-0.05, 0) is 85.7 Å².